The average Bonchev–Trinajstić information content (AvgIpc) is 2.30. The summed E-state index contributed by atoms with van der Waals surface area (Å²) in [4.78, 5) is 0. The third kappa shape index (κ3) is 2.17. The van der Waals surface area contributed by atoms with Crippen LogP contribution >= 0.6 is 0 Å². The summed E-state index contributed by atoms with van der Waals surface area (Å²) in [6, 6.07) is 8.24. The first kappa shape index (κ1) is 11.0. The smallest absolute Gasteiger partial charge is 0.0991 e. The minimum atomic E-state index is 0.578. The van der Waals surface area contributed by atoms with Crippen molar-refractivity contribution in [3.05, 3.63) is 47.0 Å². The van der Waals surface area contributed by atoms with Gasteiger partial charge in [0.25, 0.3) is 0 Å². The van der Waals surface area contributed by atoms with Gasteiger partial charge in [0.05, 0.1) is 11.6 Å². The third-order valence-corrected chi connectivity index (χ3v) is 3.47. The summed E-state index contributed by atoms with van der Waals surface area (Å²) in [7, 11) is 0. The number of allylic oxidation sites excluding steroid dienone is 1. The maximum Gasteiger partial charge on any atom is 0.0991 e. The third-order valence-electron chi connectivity index (χ3n) is 3.47. The van der Waals surface area contributed by atoms with Gasteiger partial charge < -0.3 is 0 Å². The fraction of sp³-hybridized carbons (Fsp3) is 0.400. The van der Waals surface area contributed by atoms with Crippen molar-refractivity contribution >= 4 is 0 Å². The summed E-state index contributed by atoms with van der Waals surface area (Å²) < 4.78 is 0. The van der Waals surface area contributed by atoms with Crippen molar-refractivity contribution in [2.45, 2.75) is 38.5 Å². The Morgan fingerprint density at radius 1 is 1.44 bits per heavy atom. The summed E-state index contributed by atoms with van der Waals surface area (Å²) in [5.74, 6) is 0.578. The van der Waals surface area contributed by atoms with Gasteiger partial charge in [0.1, 0.15) is 0 Å². The molecule has 1 fully saturated rings. The van der Waals surface area contributed by atoms with E-state index in [2.05, 4.69) is 31.7 Å². The monoisotopic (exact) mass is 211 g/mol. The molecule has 0 spiro atoms. The van der Waals surface area contributed by atoms with Crippen LogP contribution in [-0.4, -0.2) is 0 Å². The van der Waals surface area contributed by atoms with Crippen LogP contribution in [0.15, 0.2) is 30.4 Å². The van der Waals surface area contributed by atoms with E-state index in [9.17, 15) is 0 Å². The molecule has 16 heavy (non-hydrogen) atoms. The zero-order valence-electron chi connectivity index (χ0n) is 9.79. The van der Waals surface area contributed by atoms with E-state index in [0.29, 0.717) is 5.92 Å². The molecule has 1 saturated carbocycles. The van der Waals surface area contributed by atoms with Crippen molar-refractivity contribution in [2.75, 3.05) is 0 Å². The molecule has 1 aromatic carbocycles. The van der Waals surface area contributed by atoms with Gasteiger partial charge in [-0.15, -0.1) is 0 Å². The lowest BCUT2D eigenvalue weighted by molar-refractivity contribution is 0.522. The van der Waals surface area contributed by atoms with Crippen molar-refractivity contribution in [2.24, 2.45) is 0 Å². The van der Waals surface area contributed by atoms with Gasteiger partial charge in [-0.25, -0.2) is 0 Å². The summed E-state index contributed by atoms with van der Waals surface area (Å²) in [6.07, 6.45) is 4.73. The molecular formula is C15H17N. The highest BCUT2D eigenvalue weighted by molar-refractivity contribution is 5.40. The SMILES string of the molecule is C=C1CCCC(c2cc(C#N)ccc2C)C1. The van der Waals surface area contributed by atoms with Gasteiger partial charge >= 0.3 is 0 Å². The average molecular weight is 211 g/mol. The van der Waals surface area contributed by atoms with Gasteiger partial charge in [0.2, 0.25) is 0 Å². The second-order valence-electron chi connectivity index (χ2n) is 4.73. The van der Waals surface area contributed by atoms with Gasteiger partial charge in [-0.05, 0) is 61.8 Å². The lowest BCUT2D eigenvalue weighted by atomic mass is 9.80. The molecule has 1 aromatic rings. The predicted octanol–water partition coefficient (Wildman–Crippen LogP) is 4.08. The van der Waals surface area contributed by atoms with Crippen molar-refractivity contribution in [1.82, 2.24) is 0 Å². The number of nitrogens with zero attached hydrogens (tertiary/aromatic N) is 1. The molecular weight excluding hydrogens is 194 g/mol. The van der Waals surface area contributed by atoms with Crippen LogP contribution in [0.2, 0.25) is 0 Å². The molecule has 0 aromatic heterocycles. The highest BCUT2D eigenvalue weighted by atomic mass is 14.3. The number of hydrogen-bond donors (Lipinski definition) is 0. The molecule has 0 N–H and O–H groups in total. The van der Waals surface area contributed by atoms with Crippen LogP contribution in [0.3, 0.4) is 0 Å². The normalized spacial score (nSPS) is 20.5. The minimum Gasteiger partial charge on any atom is -0.192 e. The Morgan fingerprint density at radius 3 is 2.94 bits per heavy atom. The topological polar surface area (TPSA) is 23.8 Å². The van der Waals surface area contributed by atoms with Crippen LogP contribution in [-0.2, 0) is 0 Å². The van der Waals surface area contributed by atoms with E-state index in [4.69, 9.17) is 5.26 Å². The lowest BCUT2D eigenvalue weighted by Crippen LogP contribution is -2.08. The first-order valence-electron chi connectivity index (χ1n) is 5.88. The Balaban J connectivity index is 2.31. The van der Waals surface area contributed by atoms with Crippen molar-refractivity contribution in [1.29, 1.82) is 5.26 Å². The van der Waals surface area contributed by atoms with E-state index in [0.717, 1.165) is 12.0 Å². The fourth-order valence-corrected chi connectivity index (χ4v) is 2.57. The van der Waals surface area contributed by atoms with Crippen molar-refractivity contribution in [3.63, 3.8) is 0 Å². The predicted molar refractivity (Wildman–Crippen MR) is 66.2 cm³/mol. The van der Waals surface area contributed by atoms with Gasteiger partial charge in [0, 0.05) is 0 Å². The van der Waals surface area contributed by atoms with E-state index in [1.807, 2.05) is 6.07 Å². The van der Waals surface area contributed by atoms with Crippen LogP contribution in [0.25, 0.3) is 0 Å². The standard InChI is InChI=1S/C15H17N/c1-11-4-3-5-14(8-11)15-9-13(10-16)7-6-12(15)2/h6-7,9,14H,1,3-5,8H2,2H3. The first-order valence-corrected chi connectivity index (χ1v) is 5.88. The van der Waals surface area contributed by atoms with E-state index in [1.54, 1.807) is 0 Å². The van der Waals surface area contributed by atoms with Crippen LogP contribution in [0.1, 0.15) is 48.3 Å². The van der Waals surface area contributed by atoms with E-state index >= 15 is 0 Å². The fourth-order valence-electron chi connectivity index (χ4n) is 2.57. The number of hydrogen-bond acceptors (Lipinski definition) is 1. The Kier molecular flexibility index (Phi) is 3.10. The number of aryl methyl sites for hydroxylation is 1. The molecule has 1 unspecified atom stereocenters. The van der Waals surface area contributed by atoms with E-state index in [-0.39, 0.29) is 0 Å². The molecule has 2 rings (SSSR count). The molecule has 1 atom stereocenters. The molecule has 1 aliphatic carbocycles. The largest absolute Gasteiger partial charge is 0.192 e. The molecule has 0 amide bonds. The van der Waals surface area contributed by atoms with Crippen LogP contribution in [0, 0.1) is 18.3 Å². The van der Waals surface area contributed by atoms with Crippen molar-refractivity contribution < 1.29 is 0 Å². The second-order valence-corrected chi connectivity index (χ2v) is 4.73. The molecule has 0 heterocycles. The van der Waals surface area contributed by atoms with Crippen LogP contribution < -0.4 is 0 Å². The number of benzene rings is 1. The molecule has 1 heteroatoms. The second kappa shape index (κ2) is 4.53. The Morgan fingerprint density at radius 2 is 2.25 bits per heavy atom. The van der Waals surface area contributed by atoms with Gasteiger partial charge in [-0.2, -0.15) is 5.26 Å². The maximum atomic E-state index is 8.94. The Bertz CT molecular complexity index is 451. The highest BCUT2D eigenvalue weighted by Gasteiger charge is 2.19. The number of nitriles is 1. The quantitative estimate of drug-likeness (QED) is 0.642. The van der Waals surface area contributed by atoms with Gasteiger partial charge in [0.15, 0.2) is 0 Å². The molecule has 82 valence electrons. The zero-order valence-corrected chi connectivity index (χ0v) is 9.79. The molecule has 0 aliphatic heterocycles. The lowest BCUT2D eigenvalue weighted by Gasteiger charge is -2.25. The number of rotatable bonds is 1. The summed E-state index contributed by atoms with van der Waals surface area (Å²) in [6.45, 7) is 6.23. The van der Waals surface area contributed by atoms with Crippen LogP contribution in [0.4, 0.5) is 0 Å². The molecule has 1 nitrogen and oxygen atoms in total. The highest BCUT2D eigenvalue weighted by Crippen LogP contribution is 2.36. The van der Waals surface area contributed by atoms with Crippen LogP contribution in [0.5, 0.6) is 0 Å². The molecule has 0 bridgehead atoms. The zero-order chi connectivity index (χ0) is 11.5. The van der Waals surface area contributed by atoms with E-state index in [1.165, 1.54) is 36.0 Å². The maximum absolute atomic E-state index is 8.94. The molecule has 0 saturated heterocycles. The first-order chi connectivity index (χ1) is 7.70. The summed E-state index contributed by atoms with van der Waals surface area (Å²) >= 11 is 0. The summed E-state index contributed by atoms with van der Waals surface area (Å²) in [5.41, 5.74) is 4.79. The van der Waals surface area contributed by atoms with Gasteiger partial charge in [-0.3, -0.25) is 0 Å². The Hall–Kier alpha value is -1.55. The Labute approximate surface area is 97.4 Å². The summed E-state index contributed by atoms with van der Waals surface area (Å²) in [5, 5.41) is 8.94. The molecule has 1 aliphatic rings. The molecule has 0 radical (unpaired) electrons. The van der Waals surface area contributed by atoms with E-state index < -0.39 is 0 Å². The van der Waals surface area contributed by atoms with Crippen molar-refractivity contribution in [3.8, 4) is 6.07 Å². The minimum absolute atomic E-state index is 0.578. The van der Waals surface area contributed by atoms with Gasteiger partial charge in [-0.1, -0.05) is 18.2 Å².